The van der Waals surface area contributed by atoms with Crippen LogP contribution in [0.15, 0.2) is 30.3 Å². The van der Waals surface area contributed by atoms with Crippen molar-refractivity contribution < 1.29 is 13.2 Å². The summed E-state index contributed by atoms with van der Waals surface area (Å²) in [5.41, 5.74) is 1.02. The van der Waals surface area contributed by atoms with Gasteiger partial charge in [0, 0.05) is 28.1 Å². The Balaban J connectivity index is 1.92. The predicted molar refractivity (Wildman–Crippen MR) is 129 cm³/mol. The average molecular weight is 551 g/mol. The molecule has 0 saturated heterocycles. The van der Waals surface area contributed by atoms with E-state index in [1.165, 1.54) is 12.1 Å². The molecule has 30 heavy (non-hydrogen) atoms. The first-order chi connectivity index (χ1) is 14.0. The number of hydrogen-bond donors (Lipinski definition) is 1. The lowest BCUT2D eigenvalue weighted by Crippen LogP contribution is -2.41. The number of halogens is 5. The third kappa shape index (κ3) is 7.55. The minimum atomic E-state index is -3.79. The van der Waals surface area contributed by atoms with Gasteiger partial charge in [-0.1, -0.05) is 64.1 Å². The second-order valence-electron chi connectivity index (χ2n) is 6.13. The standard InChI is InChI=1S/C18H17Cl5N2O3S2/c1-30(27,28)25(17-8-15(22)14(21)7-16(17)23)9-18(26)24-4-5-29-10-11-2-3-12(19)6-13(11)20/h2-3,6-8H,4-5,9-10H2,1H3,(H,24,26). The van der Waals surface area contributed by atoms with Gasteiger partial charge in [0.05, 0.1) is 27.0 Å². The van der Waals surface area contributed by atoms with Crippen molar-refractivity contribution in [3.05, 3.63) is 61.0 Å². The number of nitrogens with one attached hydrogen (secondary N) is 1. The van der Waals surface area contributed by atoms with Crippen molar-refractivity contribution in [2.45, 2.75) is 5.75 Å². The van der Waals surface area contributed by atoms with Crippen molar-refractivity contribution in [2.24, 2.45) is 0 Å². The highest BCUT2D eigenvalue weighted by molar-refractivity contribution is 7.98. The third-order valence-electron chi connectivity index (χ3n) is 3.79. The Kier molecular flexibility index (Phi) is 9.74. The van der Waals surface area contributed by atoms with Gasteiger partial charge in [0.25, 0.3) is 0 Å². The van der Waals surface area contributed by atoms with Crippen molar-refractivity contribution in [2.75, 3.05) is 29.4 Å². The van der Waals surface area contributed by atoms with Crippen molar-refractivity contribution in [3.63, 3.8) is 0 Å². The summed E-state index contributed by atoms with van der Waals surface area (Å²) in [6, 6.07) is 7.93. The van der Waals surface area contributed by atoms with E-state index in [0.717, 1.165) is 16.1 Å². The third-order valence-corrected chi connectivity index (χ3v) is 7.53. The molecule has 2 aromatic carbocycles. The minimum absolute atomic E-state index is 0.0676. The Hall–Kier alpha value is -0.540. The Bertz CT molecular complexity index is 1030. The average Bonchev–Trinajstić information content (AvgIpc) is 2.63. The van der Waals surface area contributed by atoms with E-state index >= 15 is 0 Å². The lowest BCUT2D eigenvalue weighted by Gasteiger charge is -2.23. The topological polar surface area (TPSA) is 66.5 Å². The highest BCUT2D eigenvalue weighted by Crippen LogP contribution is 2.35. The Morgan fingerprint density at radius 3 is 2.30 bits per heavy atom. The summed E-state index contributed by atoms with van der Waals surface area (Å²) in [4.78, 5) is 12.3. The van der Waals surface area contributed by atoms with E-state index in [9.17, 15) is 13.2 Å². The van der Waals surface area contributed by atoms with Crippen LogP contribution in [0.4, 0.5) is 5.69 Å². The van der Waals surface area contributed by atoms with E-state index < -0.39 is 22.5 Å². The van der Waals surface area contributed by atoms with E-state index in [2.05, 4.69) is 5.32 Å². The van der Waals surface area contributed by atoms with Gasteiger partial charge in [-0.3, -0.25) is 9.10 Å². The first-order valence-electron chi connectivity index (χ1n) is 8.39. The number of rotatable bonds is 9. The molecule has 0 radical (unpaired) electrons. The van der Waals surface area contributed by atoms with Gasteiger partial charge >= 0.3 is 0 Å². The van der Waals surface area contributed by atoms with Crippen LogP contribution in [0.5, 0.6) is 0 Å². The Morgan fingerprint density at radius 1 is 1.00 bits per heavy atom. The van der Waals surface area contributed by atoms with E-state index in [0.29, 0.717) is 28.1 Å². The van der Waals surface area contributed by atoms with Crippen LogP contribution in [0.3, 0.4) is 0 Å². The summed E-state index contributed by atoms with van der Waals surface area (Å²) in [5, 5.41) is 4.22. The molecule has 0 bridgehead atoms. The molecule has 0 aliphatic heterocycles. The van der Waals surface area contributed by atoms with Gasteiger partial charge < -0.3 is 5.32 Å². The Labute approximate surface area is 205 Å². The van der Waals surface area contributed by atoms with Crippen LogP contribution in [0, 0.1) is 0 Å². The van der Waals surface area contributed by atoms with Crippen LogP contribution < -0.4 is 9.62 Å². The van der Waals surface area contributed by atoms with E-state index in [1.54, 1.807) is 23.9 Å². The number of anilines is 1. The molecule has 0 aromatic heterocycles. The molecule has 164 valence electrons. The molecule has 2 rings (SSSR count). The first kappa shape index (κ1) is 25.7. The molecular weight excluding hydrogens is 534 g/mol. The number of thioether (sulfide) groups is 1. The monoisotopic (exact) mass is 548 g/mol. The lowest BCUT2D eigenvalue weighted by molar-refractivity contribution is -0.119. The summed E-state index contributed by atoms with van der Waals surface area (Å²) in [6.45, 7) is -0.0917. The molecular formula is C18H17Cl5N2O3S2. The number of benzene rings is 2. The molecule has 0 atom stereocenters. The predicted octanol–water partition coefficient (Wildman–Crippen LogP) is 5.77. The molecule has 0 saturated carbocycles. The van der Waals surface area contributed by atoms with Crippen molar-refractivity contribution in [1.29, 1.82) is 0 Å². The van der Waals surface area contributed by atoms with Crippen LogP contribution in [0.25, 0.3) is 0 Å². The molecule has 0 aliphatic carbocycles. The first-order valence-corrected chi connectivity index (χ1v) is 13.3. The van der Waals surface area contributed by atoms with Crippen LogP contribution in [0.2, 0.25) is 25.1 Å². The molecule has 5 nitrogen and oxygen atoms in total. The zero-order chi connectivity index (χ0) is 22.5. The molecule has 12 heteroatoms. The van der Waals surface area contributed by atoms with Gasteiger partial charge in [0.15, 0.2) is 0 Å². The number of hydrogen-bond acceptors (Lipinski definition) is 4. The molecule has 0 heterocycles. The maximum absolute atomic E-state index is 12.3. The minimum Gasteiger partial charge on any atom is -0.354 e. The molecule has 1 N–H and O–H groups in total. The number of carbonyl (C=O) groups excluding carboxylic acids is 1. The van der Waals surface area contributed by atoms with E-state index in [1.807, 2.05) is 6.07 Å². The number of amides is 1. The van der Waals surface area contributed by atoms with Gasteiger partial charge in [0.2, 0.25) is 15.9 Å². The van der Waals surface area contributed by atoms with Crippen LogP contribution in [-0.4, -0.2) is 39.4 Å². The number of carbonyl (C=O) groups is 1. The molecule has 1 amide bonds. The van der Waals surface area contributed by atoms with E-state index in [4.69, 9.17) is 58.0 Å². The van der Waals surface area contributed by atoms with Gasteiger partial charge in [-0.2, -0.15) is 11.8 Å². The summed E-state index contributed by atoms with van der Waals surface area (Å²) in [5.74, 6) is 0.782. The molecule has 0 unspecified atom stereocenters. The largest absolute Gasteiger partial charge is 0.354 e. The van der Waals surface area contributed by atoms with Gasteiger partial charge in [-0.25, -0.2) is 8.42 Å². The second kappa shape index (κ2) is 11.4. The van der Waals surface area contributed by atoms with Gasteiger partial charge in [-0.15, -0.1) is 0 Å². The maximum Gasteiger partial charge on any atom is 0.240 e. The zero-order valence-electron chi connectivity index (χ0n) is 15.6. The normalized spacial score (nSPS) is 11.4. The fourth-order valence-corrected chi connectivity index (χ4v) is 5.32. The zero-order valence-corrected chi connectivity index (χ0v) is 21.0. The summed E-state index contributed by atoms with van der Waals surface area (Å²) in [6.07, 6.45) is 0.977. The summed E-state index contributed by atoms with van der Waals surface area (Å²) in [7, 11) is -3.79. The fraction of sp³-hybridized carbons (Fsp3) is 0.278. The Morgan fingerprint density at radius 2 is 1.67 bits per heavy atom. The number of nitrogens with zero attached hydrogens (tertiary/aromatic N) is 1. The SMILES string of the molecule is CS(=O)(=O)N(CC(=O)NCCSCc1ccc(Cl)cc1Cl)c1cc(Cl)c(Cl)cc1Cl. The maximum atomic E-state index is 12.3. The summed E-state index contributed by atoms with van der Waals surface area (Å²) >= 11 is 31.5. The number of sulfonamides is 1. The van der Waals surface area contributed by atoms with E-state index in [-0.39, 0.29) is 20.8 Å². The van der Waals surface area contributed by atoms with Crippen molar-refractivity contribution >= 4 is 91.4 Å². The fourth-order valence-electron chi connectivity index (χ4n) is 2.35. The smallest absolute Gasteiger partial charge is 0.240 e. The van der Waals surface area contributed by atoms with Crippen LogP contribution >= 0.6 is 69.8 Å². The van der Waals surface area contributed by atoms with Crippen molar-refractivity contribution in [3.8, 4) is 0 Å². The quantitative estimate of drug-likeness (QED) is 0.318. The molecule has 0 aliphatic rings. The molecule has 2 aromatic rings. The van der Waals surface area contributed by atoms with Gasteiger partial charge in [0.1, 0.15) is 6.54 Å². The van der Waals surface area contributed by atoms with Gasteiger partial charge in [-0.05, 0) is 29.8 Å². The highest BCUT2D eigenvalue weighted by atomic mass is 35.5. The van der Waals surface area contributed by atoms with Crippen LogP contribution in [0.1, 0.15) is 5.56 Å². The van der Waals surface area contributed by atoms with Crippen LogP contribution in [-0.2, 0) is 20.6 Å². The van der Waals surface area contributed by atoms with Crippen molar-refractivity contribution in [1.82, 2.24) is 5.32 Å². The lowest BCUT2D eigenvalue weighted by atomic mass is 10.2. The summed E-state index contributed by atoms with van der Waals surface area (Å²) < 4.78 is 25.3. The molecule has 0 spiro atoms. The highest BCUT2D eigenvalue weighted by Gasteiger charge is 2.24. The molecule has 0 fully saturated rings. The second-order valence-corrected chi connectivity index (χ2v) is 11.2.